The standard InChI is InChI=1S/C15H23NO2S/c1-19-15-9-5-8-14(15)16-10-12(17)11-18-13-6-3-2-4-7-13/h2-4,6-7,12,14-17H,5,8-11H2,1H3. The Bertz CT molecular complexity index is 360. The van der Waals surface area contributed by atoms with Gasteiger partial charge in [-0.25, -0.2) is 0 Å². The van der Waals surface area contributed by atoms with Crippen molar-refractivity contribution in [3.63, 3.8) is 0 Å². The molecule has 19 heavy (non-hydrogen) atoms. The number of hydrogen-bond acceptors (Lipinski definition) is 4. The zero-order chi connectivity index (χ0) is 13.5. The fourth-order valence-corrected chi connectivity index (χ4v) is 3.46. The van der Waals surface area contributed by atoms with Crippen molar-refractivity contribution in [2.24, 2.45) is 0 Å². The molecule has 1 aliphatic rings. The third-order valence-electron chi connectivity index (χ3n) is 3.56. The lowest BCUT2D eigenvalue weighted by molar-refractivity contribution is 0.104. The molecule has 0 amide bonds. The second-order valence-corrected chi connectivity index (χ2v) is 6.07. The van der Waals surface area contributed by atoms with Gasteiger partial charge in [-0.15, -0.1) is 0 Å². The Morgan fingerprint density at radius 2 is 2.16 bits per heavy atom. The highest BCUT2D eigenvalue weighted by Crippen LogP contribution is 2.28. The van der Waals surface area contributed by atoms with Gasteiger partial charge in [-0.05, 0) is 31.2 Å². The van der Waals surface area contributed by atoms with E-state index in [9.17, 15) is 5.11 Å². The Labute approximate surface area is 119 Å². The van der Waals surface area contributed by atoms with Crippen molar-refractivity contribution in [1.29, 1.82) is 0 Å². The Morgan fingerprint density at radius 1 is 1.37 bits per heavy atom. The topological polar surface area (TPSA) is 41.5 Å². The minimum atomic E-state index is -0.455. The molecule has 4 heteroatoms. The van der Waals surface area contributed by atoms with E-state index < -0.39 is 6.10 Å². The highest BCUT2D eigenvalue weighted by Gasteiger charge is 2.26. The Morgan fingerprint density at radius 3 is 2.89 bits per heavy atom. The molecule has 0 saturated heterocycles. The van der Waals surface area contributed by atoms with Crippen molar-refractivity contribution in [1.82, 2.24) is 5.32 Å². The van der Waals surface area contributed by atoms with E-state index in [-0.39, 0.29) is 0 Å². The van der Waals surface area contributed by atoms with E-state index in [0.29, 0.717) is 24.4 Å². The lowest BCUT2D eigenvalue weighted by Gasteiger charge is -2.21. The van der Waals surface area contributed by atoms with Crippen LogP contribution in [-0.4, -0.2) is 41.9 Å². The van der Waals surface area contributed by atoms with Crippen LogP contribution in [-0.2, 0) is 0 Å². The summed E-state index contributed by atoms with van der Waals surface area (Å²) >= 11 is 1.93. The van der Waals surface area contributed by atoms with Crippen LogP contribution in [0.2, 0.25) is 0 Å². The molecule has 1 aromatic carbocycles. The van der Waals surface area contributed by atoms with E-state index in [0.717, 1.165) is 5.75 Å². The van der Waals surface area contributed by atoms with Crippen LogP contribution in [0.4, 0.5) is 0 Å². The zero-order valence-electron chi connectivity index (χ0n) is 11.4. The number of aliphatic hydroxyl groups is 1. The van der Waals surface area contributed by atoms with E-state index >= 15 is 0 Å². The summed E-state index contributed by atoms with van der Waals surface area (Å²) in [4.78, 5) is 0. The maximum absolute atomic E-state index is 9.94. The van der Waals surface area contributed by atoms with Gasteiger partial charge in [0.1, 0.15) is 18.5 Å². The van der Waals surface area contributed by atoms with Crippen molar-refractivity contribution < 1.29 is 9.84 Å². The number of benzene rings is 1. The SMILES string of the molecule is CSC1CCCC1NCC(O)COc1ccccc1. The van der Waals surface area contributed by atoms with Crippen LogP contribution < -0.4 is 10.1 Å². The van der Waals surface area contributed by atoms with E-state index in [4.69, 9.17) is 4.74 Å². The van der Waals surface area contributed by atoms with Gasteiger partial charge in [0.15, 0.2) is 0 Å². The highest BCUT2D eigenvalue weighted by atomic mass is 32.2. The molecule has 0 spiro atoms. The molecule has 0 aromatic heterocycles. The molecule has 1 aliphatic carbocycles. The third kappa shape index (κ3) is 4.71. The number of aliphatic hydroxyl groups excluding tert-OH is 1. The minimum Gasteiger partial charge on any atom is -0.491 e. The molecular formula is C15H23NO2S. The molecule has 106 valence electrons. The third-order valence-corrected chi connectivity index (χ3v) is 4.73. The molecule has 1 fully saturated rings. The van der Waals surface area contributed by atoms with Gasteiger partial charge in [-0.1, -0.05) is 24.6 Å². The fraction of sp³-hybridized carbons (Fsp3) is 0.600. The summed E-state index contributed by atoms with van der Waals surface area (Å²) in [5.41, 5.74) is 0. The molecular weight excluding hydrogens is 258 g/mol. The molecule has 3 atom stereocenters. The molecule has 1 saturated carbocycles. The number of rotatable bonds is 7. The van der Waals surface area contributed by atoms with Crippen LogP contribution in [0.25, 0.3) is 0 Å². The van der Waals surface area contributed by atoms with E-state index in [1.165, 1.54) is 19.3 Å². The van der Waals surface area contributed by atoms with Crippen molar-refractivity contribution in [3.05, 3.63) is 30.3 Å². The van der Waals surface area contributed by atoms with Gasteiger partial charge in [0, 0.05) is 17.8 Å². The molecule has 1 aromatic rings. The van der Waals surface area contributed by atoms with Crippen LogP contribution in [0.5, 0.6) is 5.75 Å². The number of nitrogens with one attached hydrogen (secondary N) is 1. The summed E-state index contributed by atoms with van der Waals surface area (Å²) < 4.78 is 5.54. The summed E-state index contributed by atoms with van der Waals surface area (Å²) in [7, 11) is 0. The number of hydrogen-bond donors (Lipinski definition) is 2. The quantitative estimate of drug-likeness (QED) is 0.805. The second-order valence-electron chi connectivity index (χ2n) is 5.00. The maximum atomic E-state index is 9.94. The molecule has 0 bridgehead atoms. The molecule has 0 aliphatic heterocycles. The summed E-state index contributed by atoms with van der Waals surface area (Å²) in [5, 5.41) is 14.1. The first-order valence-electron chi connectivity index (χ1n) is 6.91. The first-order valence-corrected chi connectivity index (χ1v) is 8.20. The van der Waals surface area contributed by atoms with Gasteiger partial charge in [0.25, 0.3) is 0 Å². The number of ether oxygens (including phenoxy) is 1. The minimum absolute atomic E-state index is 0.341. The summed E-state index contributed by atoms with van der Waals surface area (Å²) in [6.45, 7) is 0.947. The van der Waals surface area contributed by atoms with Gasteiger partial charge in [-0.3, -0.25) is 0 Å². The van der Waals surface area contributed by atoms with Crippen molar-refractivity contribution in [3.8, 4) is 5.75 Å². The lowest BCUT2D eigenvalue weighted by atomic mass is 10.2. The summed E-state index contributed by atoms with van der Waals surface area (Å²) in [6.07, 6.45) is 5.51. The number of para-hydroxylation sites is 1. The molecule has 3 nitrogen and oxygen atoms in total. The smallest absolute Gasteiger partial charge is 0.119 e. The molecule has 0 heterocycles. The molecule has 0 radical (unpaired) electrons. The highest BCUT2D eigenvalue weighted by molar-refractivity contribution is 7.99. The fourth-order valence-electron chi connectivity index (χ4n) is 2.50. The normalized spacial score (nSPS) is 24.3. The van der Waals surface area contributed by atoms with Gasteiger partial charge in [0.05, 0.1) is 0 Å². The second kappa shape index (κ2) is 7.78. The average Bonchev–Trinajstić information content (AvgIpc) is 2.91. The van der Waals surface area contributed by atoms with Crippen LogP contribution in [0.15, 0.2) is 30.3 Å². The molecule has 2 rings (SSSR count). The zero-order valence-corrected chi connectivity index (χ0v) is 12.2. The predicted octanol–water partition coefficient (Wildman–Crippen LogP) is 2.30. The first kappa shape index (κ1) is 14.7. The van der Waals surface area contributed by atoms with E-state index in [2.05, 4.69) is 11.6 Å². The molecule has 2 N–H and O–H groups in total. The summed E-state index contributed by atoms with van der Waals surface area (Å²) in [5.74, 6) is 0.810. The monoisotopic (exact) mass is 281 g/mol. The van der Waals surface area contributed by atoms with Crippen LogP contribution in [0.3, 0.4) is 0 Å². The van der Waals surface area contributed by atoms with E-state index in [1.54, 1.807) is 0 Å². The van der Waals surface area contributed by atoms with Crippen LogP contribution >= 0.6 is 11.8 Å². The van der Waals surface area contributed by atoms with Crippen molar-refractivity contribution in [2.45, 2.75) is 36.7 Å². The van der Waals surface area contributed by atoms with Gasteiger partial charge >= 0.3 is 0 Å². The summed E-state index contributed by atoms with van der Waals surface area (Å²) in [6, 6.07) is 10.2. The lowest BCUT2D eigenvalue weighted by Crippen LogP contribution is -2.40. The van der Waals surface area contributed by atoms with Crippen LogP contribution in [0, 0.1) is 0 Å². The van der Waals surface area contributed by atoms with Gasteiger partial charge in [0.2, 0.25) is 0 Å². The number of thioether (sulfide) groups is 1. The van der Waals surface area contributed by atoms with Crippen molar-refractivity contribution in [2.75, 3.05) is 19.4 Å². The van der Waals surface area contributed by atoms with Gasteiger partial charge < -0.3 is 15.2 Å². The van der Waals surface area contributed by atoms with Crippen LogP contribution in [0.1, 0.15) is 19.3 Å². The Balaban J connectivity index is 1.66. The largest absolute Gasteiger partial charge is 0.491 e. The first-order chi connectivity index (χ1) is 9.29. The Kier molecular flexibility index (Phi) is 6.01. The Hall–Kier alpha value is -0.710. The predicted molar refractivity (Wildman–Crippen MR) is 80.9 cm³/mol. The average molecular weight is 281 g/mol. The molecule has 3 unspecified atom stereocenters. The van der Waals surface area contributed by atoms with Gasteiger partial charge in [-0.2, -0.15) is 11.8 Å². The van der Waals surface area contributed by atoms with Crippen molar-refractivity contribution >= 4 is 11.8 Å². The van der Waals surface area contributed by atoms with E-state index in [1.807, 2.05) is 42.1 Å². The maximum Gasteiger partial charge on any atom is 0.119 e.